The molecule has 2 aromatic heterocycles. The molecule has 4 rings (SSSR count). The summed E-state index contributed by atoms with van der Waals surface area (Å²) < 4.78 is 14.7. The molecule has 3 heterocycles. The van der Waals surface area contributed by atoms with Gasteiger partial charge in [-0.2, -0.15) is 0 Å². The molecule has 1 aromatic carbocycles. The van der Waals surface area contributed by atoms with Gasteiger partial charge in [0, 0.05) is 19.0 Å². The van der Waals surface area contributed by atoms with Crippen LogP contribution in [0.5, 0.6) is 0 Å². The number of carbonyl (C=O) groups excluding carboxylic acids is 3. The van der Waals surface area contributed by atoms with Gasteiger partial charge in [0.15, 0.2) is 5.13 Å². The van der Waals surface area contributed by atoms with Crippen molar-refractivity contribution >= 4 is 44.4 Å². The third-order valence-electron chi connectivity index (χ3n) is 4.38. The van der Waals surface area contributed by atoms with Gasteiger partial charge < -0.3 is 0 Å². The lowest BCUT2D eigenvalue weighted by Gasteiger charge is -2.22. The summed E-state index contributed by atoms with van der Waals surface area (Å²) in [5.41, 5.74) is 0.782. The summed E-state index contributed by atoms with van der Waals surface area (Å²) in [6.07, 6.45) is 1.82. The molecule has 1 fully saturated rings. The normalized spacial score (nSPS) is 14.1. The first kappa shape index (κ1) is 18.2. The molecule has 3 aromatic rings. The highest BCUT2D eigenvalue weighted by Crippen LogP contribution is 2.31. The molecule has 0 unspecified atom stereocenters. The Hall–Kier alpha value is -3.20. The number of hydrogen-bond acceptors (Lipinski definition) is 6. The molecule has 0 radical (unpaired) electrons. The Kier molecular flexibility index (Phi) is 4.82. The van der Waals surface area contributed by atoms with Crippen LogP contribution in [-0.2, 0) is 20.9 Å². The van der Waals surface area contributed by atoms with Gasteiger partial charge in [0.05, 0.1) is 16.9 Å². The van der Waals surface area contributed by atoms with Gasteiger partial charge >= 0.3 is 0 Å². The lowest BCUT2D eigenvalue weighted by atomic mass is 10.3. The quantitative estimate of drug-likeness (QED) is 0.617. The molecule has 142 valence electrons. The number of thiazole rings is 1. The fourth-order valence-corrected chi connectivity index (χ4v) is 3.95. The van der Waals surface area contributed by atoms with Crippen molar-refractivity contribution in [2.24, 2.45) is 0 Å². The van der Waals surface area contributed by atoms with E-state index in [1.807, 2.05) is 0 Å². The number of benzene rings is 1. The summed E-state index contributed by atoms with van der Waals surface area (Å²) in [7, 11) is 0. The van der Waals surface area contributed by atoms with E-state index in [0.717, 1.165) is 16.2 Å². The number of imide groups is 1. The second-order valence-electron chi connectivity index (χ2n) is 6.26. The predicted molar refractivity (Wildman–Crippen MR) is 101 cm³/mol. The predicted octanol–water partition coefficient (Wildman–Crippen LogP) is 2.51. The van der Waals surface area contributed by atoms with E-state index in [1.165, 1.54) is 11.0 Å². The largest absolute Gasteiger partial charge is 0.280 e. The summed E-state index contributed by atoms with van der Waals surface area (Å²) in [4.78, 5) is 47.5. The van der Waals surface area contributed by atoms with Crippen molar-refractivity contribution < 1.29 is 18.8 Å². The van der Waals surface area contributed by atoms with Crippen LogP contribution in [-0.4, -0.2) is 39.1 Å². The second-order valence-corrected chi connectivity index (χ2v) is 7.27. The highest BCUT2D eigenvalue weighted by atomic mass is 32.1. The van der Waals surface area contributed by atoms with E-state index < -0.39 is 11.7 Å². The third kappa shape index (κ3) is 3.48. The number of hydrogen-bond donors (Lipinski definition) is 0. The summed E-state index contributed by atoms with van der Waals surface area (Å²) in [6, 6.07) is 9.89. The number of amides is 3. The zero-order chi connectivity index (χ0) is 19.7. The average Bonchev–Trinajstić information content (AvgIpc) is 3.26. The fraction of sp³-hybridized carbons (Fsp3) is 0.211. The molecule has 0 atom stereocenters. The van der Waals surface area contributed by atoms with Crippen LogP contribution >= 0.6 is 11.3 Å². The smallest absolute Gasteiger partial charge is 0.249 e. The standard InChI is InChI=1S/C19H15FN4O3S/c20-13-5-3-6-14-18(13)22-19(28-14)24(10-12-4-1-2-9-21-12)17(27)11-23-15(25)7-8-16(23)26/h1-6,9H,7-8,10-11H2. The first-order chi connectivity index (χ1) is 13.5. The molecule has 28 heavy (non-hydrogen) atoms. The number of rotatable bonds is 5. The minimum Gasteiger partial charge on any atom is -0.280 e. The molecular weight excluding hydrogens is 383 g/mol. The summed E-state index contributed by atoms with van der Waals surface area (Å²) in [5.74, 6) is -1.69. The second kappa shape index (κ2) is 7.43. The molecule has 7 nitrogen and oxygen atoms in total. The topological polar surface area (TPSA) is 83.5 Å². The Balaban J connectivity index is 1.68. The first-order valence-electron chi connectivity index (χ1n) is 8.61. The van der Waals surface area contributed by atoms with Gasteiger partial charge in [0.2, 0.25) is 17.7 Å². The van der Waals surface area contributed by atoms with E-state index in [9.17, 15) is 18.8 Å². The number of carbonyl (C=O) groups is 3. The van der Waals surface area contributed by atoms with Gasteiger partial charge in [0.25, 0.3) is 0 Å². The van der Waals surface area contributed by atoms with Crippen LogP contribution in [0.15, 0.2) is 42.6 Å². The highest BCUT2D eigenvalue weighted by molar-refractivity contribution is 7.22. The SMILES string of the molecule is O=C1CCC(=O)N1CC(=O)N(Cc1ccccn1)c1nc2c(F)cccc2s1. The number of pyridine rings is 1. The van der Waals surface area contributed by atoms with E-state index >= 15 is 0 Å². The van der Waals surface area contributed by atoms with E-state index in [2.05, 4.69) is 9.97 Å². The van der Waals surface area contributed by atoms with Gasteiger partial charge in [-0.3, -0.25) is 29.2 Å². The van der Waals surface area contributed by atoms with Crippen molar-refractivity contribution in [3.05, 3.63) is 54.1 Å². The fourth-order valence-electron chi connectivity index (χ4n) is 2.95. The minimum absolute atomic E-state index is 0.0946. The molecule has 0 saturated carbocycles. The molecule has 0 bridgehead atoms. The summed E-state index contributed by atoms with van der Waals surface area (Å²) in [5, 5.41) is 0.287. The summed E-state index contributed by atoms with van der Waals surface area (Å²) in [6.45, 7) is -0.278. The monoisotopic (exact) mass is 398 g/mol. The molecule has 9 heteroatoms. The van der Waals surface area contributed by atoms with E-state index in [0.29, 0.717) is 10.4 Å². The Labute approximate surface area is 163 Å². The van der Waals surface area contributed by atoms with Gasteiger partial charge in [-0.25, -0.2) is 9.37 Å². The number of aromatic nitrogens is 2. The average molecular weight is 398 g/mol. The Morgan fingerprint density at radius 3 is 2.61 bits per heavy atom. The number of halogens is 1. The van der Waals surface area contributed by atoms with Crippen LogP contribution in [0.4, 0.5) is 9.52 Å². The van der Waals surface area contributed by atoms with E-state index in [1.54, 1.807) is 36.5 Å². The third-order valence-corrected chi connectivity index (χ3v) is 5.43. The lowest BCUT2D eigenvalue weighted by Crippen LogP contribution is -2.42. The van der Waals surface area contributed by atoms with Crippen LogP contribution in [0.25, 0.3) is 10.2 Å². The number of likely N-dealkylation sites (tertiary alicyclic amines) is 1. The molecule has 1 aliphatic heterocycles. The Bertz CT molecular complexity index is 1050. The number of fused-ring (bicyclic) bond motifs is 1. The zero-order valence-electron chi connectivity index (χ0n) is 14.7. The van der Waals surface area contributed by atoms with Gasteiger partial charge in [-0.15, -0.1) is 0 Å². The molecule has 3 amide bonds. The van der Waals surface area contributed by atoms with Crippen LogP contribution in [0.1, 0.15) is 18.5 Å². The number of nitrogens with zero attached hydrogens (tertiary/aromatic N) is 4. The van der Waals surface area contributed by atoms with Gasteiger partial charge in [-0.1, -0.05) is 23.5 Å². The maximum Gasteiger partial charge on any atom is 0.249 e. The molecule has 1 saturated heterocycles. The maximum absolute atomic E-state index is 14.1. The minimum atomic E-state index is -0.478. The van der Waals surface area contributed by atoms with Crippen molar-refractivity contribution in [2.45, 2.75) is 19.4 Å². The van der Waals surface area contributed by atoms with Crippen molar-refractivity contribution in [3.8, 4) is 0 Å². The van der Waals surface area contributed by atoms with E-state index in [4.69, 9.17) is 0 Å². The highest BCUT2D eigenvalue weighted by Gasteiger charge is 2.33. The number of anilines is 1. The Morgan fingerprint density at radius 2 is 1.93 bits per heavy atom. The van der Waals surface area contributed by atoms with Gasteiger partial charge in [-0.05, 0) is 24.3 Å². The van der Waals surface area contributed by atoms with Crippen LogP contribution < -0.4 is 4.90 Å². The van der Waals surface area contributed by atoms with Crippen molar-refractivity contribution in [2.75, 3.05) is 11.4 Å². The van der Waals surface area contributed by atoms with Crippen molar-refractivity contribution in [1.82, 2.24) is 14.9 Å². The molecule has 0 spiro atoms. The molecule has 0 aliphatic carbocycles. The van der Waals surface area contributed by atoms with Crippen LogP contribution in [0.2, 0.25) is 0 Å². The van der Waals surface area contributed by atoms with Crippen molar-refractivity contribution in [3.63, 3.8) is 0 Å². The van der Waals surface area contributed by atoms with Gasteiger partial charge in [0.1, 0.15) is 17.9 Å². The lowest BCUT2D eigenvalue weighted by molar-refractivity contribution is -0.141. The van der Waals surface area contributed by atoms with Crippen LogP contribution in [0.3, 0.4) is 0 Å². The summed E-state index contributed by atoms with van der Waals surface area (Å²) >= 11 is 1.16. The van der Waals surface area contributed by atoms with Crippen molar-refractivity contribution in [1.29, 1.82) is 0 Å². The zero-order valence-corrected chi connectivity index (χ0v) is 15.5. The van der Waals surface area contributed by atoms with E-state index in [-0.39, 0.29) is 48.4 Å². The molecule has 1 aliphatic rings. The first-order valence-corrected chi connectivity index (χ1v) is 9.43. The number of para-hydroxylation sites is 1. The van der Waals surface area contributed by atoms with Crippen LogP contribution in [0, 0.1) is 5.82 Å². The molecular formula is C19H15FN4O3S. The molecule has 0 N–H and O–H groups in total. The Morgan fingerprint density at radius 1 is 1.14 bits per heavy atom. The maximum atomic E-state index is 14.1.